The Morgan fingerprint density at radius 2 is 1.79 bits per heavy atom. The van der Waals surface area contributed by atoms with Crippen molar-refractivity contribution < 1.29 is 19.1 Å². The Bertz CT molecular complexity index is 992. The number of amides is 2. The molecule has 3 N–H and O–H groups in total. The third-order valence-electron chi connectivity index (χ3n) is 4.89. The smallest absolute Gasteiger partial charge is 0.264 e. The molecule has 178 valence electrons. The molecule has 0 aliphatic rings. The van der Waals surface area contributed by atoms with E-state index in [9.17, 15) is 9.59 Å². The molecule has 0 bridgehead atoms. The number of methoxy groups -OCH3 is 1. The minimum atomic E-state index is -0.365. The Hall–Kier alpha value is -3.13. The fourth-order valence-corrected chi connectivity index (χ4v) is 3.37. The standard InChI is InChI=1S/C25H33N3O4S/c1-6-7-8-23(29)27-20-12-10-18(14-22(20)31-5)26-25(33)28-24(30)15-32-21-13-17(4)9-11-19(21)16(2)3/h9-14,16H,6-8,15H2,1-5H3,(H,27,29)(H2,26,28,30,33). The second-order valence-corrected chi connectivity index (χ2v) is 8.46. The fraction of sp³-hybridized carbons (Fsp3) is 0.400. The van der Waals surface area contributed by atoms with Crippen LogP contribution in [0.25, 0.3) is 0 Å². The van der Waals surface area contributed by atoms with Crippen molar-refractivity contribution in [3.63, 3.8) is 0 Å². The van der Waals surface area contributed by atoms with Gasteiger partial charge in [0.05, 0.1) is 12.8 Å². The molecule has 0 atom stereocenters. The van der Waals surface area contributed by atoms with E-state index in [0.717, 1.165) is 24.0 Å². The zero-order chi connectivity index (χ0) is 24.4. The maximum atomic E-state index is 12.3. The topological polar surface area (TPSA) is 88.7 Å². The van der Waals surface area contributed by atoms with Crippen molar-refractivity contribution in [2.24, 2.45) is 0 Å². The third kappa shape index (κ3) is 8.38. The zero-order valence-electron chi connectivity index (χ0n) is 19.9. The summed E-state index contributed by atoms with van der Waals surface area (Å²) in [7, 11) is 1.52. The van der Waals surface area contributed by atoms with E-state index in [4.69, 9.17) is 21.7 Å². The highest BCUT2D eigenvalue weighted by Crippen LogP contribution is 2.29. The molecule has 2 aromatic carbocycles. The molecule has 0 aliphatic heterocycles. The summed E-state index contributed by atoms with van der Waals surface area (Å²) in [5.74, 6) is 1.03. The lowest BCUT2D eigenvalue weighted by Crippen LogP contribution is -2.37. The van der Waals surface area contributed by atoms with Gasteiger partial charge in [0.15, 0.2) is 11.7 Å². The number of unbranched alkanes of at least 4 members (excludes halogenated alkanes) is 1. The highest BCUT2D eigenvalue weighted by molar-refractivity contribution is 7.80. The Morgan fingerprint density at radius 3 is 2.45 bits per heavy atom. The number of aryl methyl sites for hydroxylation is 1. The molecule has 8 heteroatoms. The first-order valence-corrected chi connectivity index (χ1v) is 11.5. The number of nitrogens with one attached hydrogen (secondary N) is 3. The van der Waals surface area contributed by atoms with Crippen LogP contribution >= 0.6 is 12.2 Å². The molecule has 0 aromatic heterocycles. The Labute approximate surface area is 201 Å². The summed E-state index contributed by atoms with van der Waals surface area (Å²) in [4.78, 5) is 24.3. The van der Waals surface area contributed by atoms with Gasteiger partial charge in [-0.25, -0.2) is 0 Å². The molecular formula is C25H33N3O4S. The van der Waals surface area contributed by atoms with Crippen molar-refractivity contribution in [2.45, 2.75) is 52.9 Å². The molecule has 0 unspecified atom stereocenters. The molecule has 2 amide bonds. The average molecular weight is 472 g/mol. The molecule has 0 spiro atoms. The van der Waals surface area contributed by atoms with E-state index in [1.165, 1.54) is 7.11 Å². The summed E-state index contributed by atoms with van der Waals surface area (Å²) in [6.07, 6.45) is 2.23. The number of ether oxygens (including phenoxy) is 2. The highest BCUT2D eigenvalue weighted by atomic mass is 32.1. The van der Waals surface area contributed by atoms with Gasteiger partial charge in [0.25, 0.3) is 5.91 Å². The van der Waals surface area contributed by atoms with Crippen molar-refractivity contribution in [1.29, 1.82) is 0 Å². The molecule has 0 radical (unpaired) electrons. The number of anilines is 2. The van der Waals surface area contributed by atoms with Gasteiger partial charge in [-0.15, -0.1) is 0 Å². The second kappa shape index (κ2) is 12.8. The van der Waals surface area contributed by atoms with Crippen LogP contribution in [0.4, 0.5) is 11.4 Å². The van der Waals surface area contributed by atoms with E-state index in [-0.39, 0.29) is 29.5 Å². The van der Waals surface area contributed by atoms with Crippen LogP contribution in [0, 0.1) is 6.92 Å². The van der Waals surface area contributed by atoms with E-state index < -0.39 is 0 Å². The van der Waals surface area contributed by atoms with Crippen molar-refractivity contribution in [1.82, 2.24) is 5.32 Å². The van der Waals surface area contributed by atoms with Gasteiger partial charge < -0.3 is 20.1 Å². The monoisotopic (exact) mass is 471 g/mol. The lowest BCUT2D eigenvalue weighted by Gasteiger charge is -2.16. The third-order valence-corrected chi connectivity index (χ3v) is 5.10. The first-order valence-electron chi connectivity index (χ1n) is 11.1. The van der Waals surface area contributed by atoms with Crippen LogP contribution in [0.5, 0.6) is 11.5 Å². The van der Waals surface area contributed by atoms with Crippen LogP contribution in [0.1, 0.15) is 57.1 Å². The molecule has 33 heavy (non-hydrogen) atoms. The van der Waals surface area contributed by atoms with Crippen molar-refractivity contribution in [2.75, 3.05) is 24.4 Å². The average Bonchev–Trinajstić information content (AvgIpc) is 2.77. The maximum Gasteiger partial charge on any atom is 0.264 e. The minimum absolute atomic E-state index is 0.0622. The van der Waals surface area contributed by atoms with Gasteiger partial charge in [0.2, 0.25) is 5.91 Å². The van der Waals surface area contributed by atoms with Gasteiger partial charge in [-0.1, -0.05) is 39.3 Å². The van der Waals surface area contributed by atoms with Gasteiger partial charge >= 0.3 is 0 Å². The van der Waals surface area contributed by atoms with Gasteiger partial charge in [-0.05, 0) is 60.8 Å². The Morgan fingerprint density at radius 1 is 1.03 bits per heavy atom. The van der Waals surface area contributed by atoms with Crippen LogP contribution in [-0.2, 0) is 9.59 Å². The summed E-state index contributed by atoms with van der Waals surface area (Å²) in [5, 5.41) is 8.55. The van der Waals surface area contributed by atoms with E-state index >= 15 is 0 Å². The number of carbonyl (C=O) groups excluding carboxylic acids is 2. The molecule has 2 rings (SSSR count). The molecule has 0 saturated carbocycles. The van der Waals surface area contributed by atoms with Crippen LogP contribution in [-0.4, -0.2) is 30.6 Å². The van der Waals surface area contributed by atoms with Crippen molar-refractivity contribution >= 4 is 40.5 Å². The summed E-state index contributed by atoms with van der Waals surface area (Å²) in [5.41, 5.74) is 3.30. The largest absolute Gasteiger partial charge is 0.494 e. The van der Waals surface area contributed by atoms with Crippen LogP contribution in [0.2, 0.25) is 0 Å². The minimum Gasteiger partial charge on any atom is -0.494 e. The van der Waals surface area contributed by atoms with Crippen LogP contribution < -0.4 is 25.4 Å². The van der Waals surface area contributed by atoms with E-state index in [1.54, 1.807) is 18.2 Å². The highest BCUT2D eigenvalue weighted by Gasteiger charge is 2.13. The molecule has 2 aromatic rings. The molecule has 0 fully saturated rings. The molecular weight excluding hydrogens is 438 g/mol. The van der Waals surface area contributed by atoms with Crippen molar-refractivity contribution in [3.8, 4) is 11.5 Å². The Balaban J connectivity index is 1.93. The van der Waals surface area contributed by atoms with Gasteiger partial charge in [0, 0.05) is 18.2 Å². The summed E-state index contributed by atoms with van der Waals surface area (Å²) in [6.45, 7) is 8.01. The first kappa shape index (κ1) is 26.1. The molecule has 7 nitrogen and oxygen atoms in total. The Kier molecular flexibility index (Phi) is 10.1. The number of rotatable bonds is 10. The number of carbonyl (C=O) groups is 2. The van der Waals surface area contributed by atoms with E-state index in [2.05, 4.69) is 29.8 Å². The van der Waals surface area contributed by atoms with Crippen LogP contribution in [0.15, 0.2) is 36.4 Å². The zero-order valence-corrected chi connectivity index (χ0v) is 20.7. The van der Waals surface area contributed by atoms with Gasteiger partial charge in [-0.2, -0.15) is 0 Å². The molecule has 0 aliphatic carbocycles. The quantitative estimate of drug-likeness (QED) is 0.416. The van der Waals surface area contributed by atoms with Gasteiger partial charge in [0.1, 0.15) is 11.5 Å². The number of benzene rings is 2. The second-order valence-electron chi connectivity index (χ2n) is 8.05. The SMILES string of the molecule is CCCCC(=O)Nc1ccc(NC(=S)NC(=O)COc2cc(C)ccc2C(C)C)cc1OC. The maximum absolute atomic E-state index is 12.3. The van der Waals surface area contributed by atoms with Crippen LogP contribution in [0.3, 0.4) is 0 Å². The lowest BCUT2D eigenvalue weighted by molar-refractivity contribution is -0.121. The number of thiocarbonyl (C=S) groups is 1. The van der Waals surface area contributed by atoms with E-state index in [0.29, 0.717) is 29.3 Å². The van der Waals surface area contributed by atoms with Gasteiger partial charge in [-0.3, -0.25) is 14.9 Å². The summed E-state index contributed by atoms with van der Waals surface area (Å²) in [6, 6.07) is 11.1. The van der Waals surface area contributed by atoms with E-state index in [1.807, 2.05) is 32.0 Å². The summed E-state index contributed by atoms with van der Waals surface area (Å²) >= 11 is 5.25. The molecule has 0 heterocycles. The number of hydrogen-bond donors (Lipinski definition) is 3. The molecule has 0 saturated heterocycles. The predicted octanol–water partition coefficient (Wildman–Crippen LogP) is 5.15. The lowest BCUT2D eigenvalue weighted by atomic mass is 10.0. The normalized spacial score (nSPS) is 10.5. The van der Waals surface area contributed by atoms with Crippen molar-refractivity contribution in [3.05, 3.63) is 47.5 Å². The number of hydrogen-bond acceptors (Lipinski definition) is 5. The first-order chi connectivity index (χ1) is 15.7. The predicted molar refractivity (Wildman–Crippen MR) is 136 cm³/mol. The summed E-state index contributed by atoms with van der Waals surface area (Å²) < 4.78 is 11.1. The fourth-order valence-electron chi connectivity index (χ4n) is 3.13.